The van der Waals surface area contributed by atoms with Gasteiger partial charge in [-0.2, -0.15) is 8.42 Å². The molecule has 2 rings (SSSR count). The van der Waals surface area contributed by atoms with Crippen molar-refractivity contribution < 1.29 is 22.4 Å². The minimum Gasteiger partial charge on any atom is -0.376 e. The Morgan fingerprint density at radius 1 is 1.35 bits per heavy atom. The van der Waals surface area contributed by atoms with Crippen LogP contribution in [-0.2, 0) is 19.6 Å². The molecule has 1 aliphatic rings. The SMILES string of the molecule is Cc1ccc(S(=O)(=O)O)c([C@@H]2COCCO2)c1. The summed E-state index contributed by atoms with van der Waals surface area (Å²) in [5.74, 6) is 0. The van der Waals surface area contributed by atoms with E-state index in [1.54, 1.807) is 12.1 Å². The molecule has 17 heavy (non-hydrogen) atoms. The molecule has 1 N–H and O–H groups in total. The molecule has 1 heterocycles. The lowest BCUT2D eigenvalue weighted by molar-refractivity contribution is -0.0912. The number of benzene rings is 1. The molecular formula is C11H14O5S. The summed E-state index contributed by atoms with van der Waals surface area (Å²) in [6, 6.07) is 4.72. The Labute approximate surface area is 100 Å². The first kappa shape index (κ1) is 12.5. The van der Waals surface area contributed by atoms with Crippen LogP contribution in [0.5, 0.6) is 0 Å². The Bertz CT molecular complexity index is 503. The molecule has 0 aliphatic carbocycles. The lowest BCUT2D eigenvalue weighted by atomic mass is 10.1. The van der Waals surface area contributed by atoms with E-state index < -0.39 is 16.2 Å². The van der Waals surface area contributed by atoms with Crippen molar-refractivity contribution in [1.82, 2.24) is 0 Å². The molecule has 0 saturated carbocycles. The van der Waals surface area contributed by atoms with Crippen LogP contribution in [0.4, 0.5) is 0 Å². The van der Waals surface area contributed by atoms with Crippen LogP contribution in [0.2, 0.25) is 0 Å². The van der Waals surface area contributed by atoms with Gasteiger partial charge in [0.05, 0.1) is 24.7 Å². The summed E-state index contributed by atoms with van der Waals surface area (Å²) < 4.78 is 42.4. The third-order valence-electron chi connectivity index (χ3n) is 2.61. The maximum Gasteiger partial charge on any atom is 0.294 e. The molecule has 0 spiro atoms. The van der Waals surface area contributed by atoms with Crippen LogP contribution in [-0.4, -0.2) is 32.8 Å². The summed E-state index contributed by atoms with van der Waals surface area (Å²) in [4.78, 5) is -0.112. The number of hydrogen-bond acceptors (Lipinski definition) is 4. The summed E-state index contributed by atoms with van der Waals surface area (Å²) in [7, 11) is -4.24. The van der Waals surface area contributed by atoms with Gasteiger partial charge in [0, 0.05) is 5.56 Å². The van der Waals surface area contributed by atoms with Gasteiger partial charge in [0.2, 0.25) is 0 Å². The van der Waals surface area contributed by atoms with Crippen molar-refractivity contribution in [2.45, 2.75) is 17.9 Å². The second kappa shape index (κ2) is 4.73. The molecule has 1 aromatic rings. The van der Waals surface area contributed by atoms with Gasteiger partial charge in [-0.1, -0.05) is 17.7 Å². The molecule has 5 nitrogen and oxygen atoms in total. The molecule has 1 saturated heterocycles. The second-order valence-electron chi connectivity index (χ2n) is 3.95. The van der Waals surface area contributed by atoms with Gasteiger partial charge in [-0.25, -0.2) is 0 Å². The highest BCUT2D eigenvalue weighted by atomic mass is 32.2. The molecule has 1 atom stereocenters. The first-order valence-electron chi connectivity index (χ1n) is 5.26. The average molecular weight is 258 g/mol. The molecule has 0 unspecified atom stereocenters. The van der Waals surface area contributed by atoms with E-state index in [2.05, 4.69) is 0 Å². The van der Waals surface area contributed by atoms with Crippen LogP contribution in [0.25, 0.3) is 0 Å². The third kappa shape index (κ3) is 2.84. The summed E-state index contributed by atoms with van der Waals surface area (Å²) in [5, 5.41) is 0. The van der Waals surface area contributed by atoms with Crippen LogP contribution < -0.4 is 0 Å². The maximum absolute atomic E-state index is 11.3. The van der Waals surface area contributed by atoms with E-state index in [1.165, 1.54) is 6.07 Å². The van der Waals surface area contributed by atoms with Crippen LogP contribution in [0, 0.1) is 6.92 Å². The van der Waals surface area contributed by atoms with E-state index in [-0.39, 0.29) is 4.90 Å². The van der Waals surface area contributed by atoms with Crippen molar-refractivity contribution in [2.24, 2.45) is 0 Å². The minimum atomic E-state index is -4.24. The zero-order valence-electron chi connectivity index (χ0n) is 9.42. The predicted molar refractivity (Wildman–Crippen MR) is 60.5 cm³/mol. The molecule has 94 valence electrons. The highest BCUT2D eigenvalue weighted by Gasteiger charge is 2.24. The average Bonchev–Trinajstić information content (AvgIpc) is 2.28. The fourth-order valence-electron chi connectivity index (χ4n) is 1.82. The molecule has 0 bridgehead atoms. The number of hydrogen-bond donors (Lipinski definition) is 1. The Kier molecular flexibility index (Phi) is 3.48. The van der Waals surface area contributed by atoms with E-state index in [0.29, 0.717) is 25.4 Å². The van der Waals surface area contributed by atoms with Crippen LogP contribution >= 0.6 is 0 Å². The van der Waals surface area contributed by atoms with Gasteiger partial charge in [-0.15, -0.1) is 0 Å². The predicted octanol–water partition coefficient (Wildman–Crippen LogP) is 1.33. The number of rotatable bonds is 2. The van der Waals surface area contributed by atoms with Gasteiger partial charge < -0.3 is 9.47 Å². The van der Waals surface area contributed by atoms with Gasteiger partial charge in [0.15, 0.2) is 0 Å². The third-order valence-corrected chi connectivity index (χ3v) is 3.53. The Morgan fingerprint density at radius 3 is 2.71 bits per heavy atom. The first-order valence-corrected chi connectivity index (χ1v) is 6.70. The topological polar surface area (TPSA) is 72.8 Å². The zero-order valence-corrected chi connectivity index (χ0v) is 10.2. The van der Waals surface area contributed by atoms with Crippen molar-refractivity contribution in [3.05, 3.63) is 29.3 Å². The smallest absolute Gasteiger partial charge is 0.294 e. The zero-order chi connectivity index (χ0) is 12.5. The lowest BCUT2D eigenvalue weighted by Gasteiger charge is -2.24. The highest BCUT2D eigenvalue weighted by molar-refractivity contribution is 7.85. The summed E-state index contributed by atoms with van der Waals surface area (Å²) >= 11 is 0. The summed E-state index contributed by atoms with van der Waals surface area (Å²) in [6.07, 6.45) is -0.444. The van der Waals surface area contributed by atoms with Crippen molar-refractivity contribution in [3.8, 4) is 0 Å². The summed E-state index contributed by atoms with van der Waals surface area (Å²) in [5.41, 5.74) is 1.36. The van der Waals surface area contributed by atoms with E-state index >= 15 is 0 Å². The fraction of sp³-hybridized carbons (Fsp3) is 0.455. The van der Waals surface area contributed by atoms with Crippen molar-refractivity contribution in [2.75, 3.05) is 19.8 Å². The Hall–Kier alpha value is -0.950. The molecule has 0 radical (unpaired) electrons. The second-order valence-corrected chi connectivity index (χ2v) is 5.34. The molecule has 1 fully saturated rings. The monoisotopic (exact) mass is 258 g/mol. The van der Waals surface area contributed by atoms with Gasteiger partial charge in [0.25, 0.3) is 10.1 Å². The largest absolute Gasteiger partial charge is 0.376 e. The molecule has 6 heteroatoms. The molecule has 0 amide bonds. The fourth-order valence-corrected chi connectivity index (χ4v) is 2.55. The minimum absolute atomic E-state index is 0.112. The normalized spacial score (nSPS) is 21.4. The lowest BCUT2D eigenvalue weighted by Crippen LogP contribution is -2.23. The quantitative estimate of drug-likeness (QED) is 0.810. The maximum atomic E-state index is 11.3. The van der Waals surface area contributed by atoms with Crippen LogP contribution in [0.15, 0.2) is 23.1 Å². The molecule has 0 aromatic heterocycles. The standard InChI is InChI=1S/C11H14O5S/c1-8-2-3-11(17(12,13)14)9(6-8)10-7-15-4-5-16-10/h2-3,6,10H,4-5,7H2,1H3,(H,12,13,14)/t10-/m0/s1. The van der Waals surface area contributed by atoms with E-state index in [4.69, 9.17) is 14.0 Å². The number of ether oxygens (including phenoxy) is 2. The van der Waals surface area contributed by atoms with Crippen molar-refractivity contribution in [1.29, 1.82) is 0 Å². The van der Waals surface area contributed by atoms with E-state index in [1.807, 2.05) is 6.92 Å². The number of aryl methyl sites for hydroxylation is 1. The van der Waals surface area contributed by atoms with Gasteiger partial charge in [-0.05, 0) is 13.0 Å². The van der Waals surface area contributed by atoms with Crippen LogP contribution in [0.3, 0.4) is 0 Å². The van der Waals surface area contributed by atoms with Crippen molar-refractivity contribution >= 4 is 10.1 Å². The Morgan fingerprint density at radius 2 is 2.12 bits per heavy atom. The van der Waals surface area contributed by atoms with E-state index in [0.717, 1.165) is 5.56 Å². The van der Waals surface area contributed by atoms with Crippen LogP contribution in [0.1, 0.15) is 17.2 Å². The molecule has 1 aliphatic heterocycles. The van der Waals surface area contributed by atoms with Gasteiger partial charge in [0.1, 0.15) is 6.10 Å². The highest BCUT2D eigenvalue weighted by Crippen LogP contribution is 2.28. The first-order chi connectivity index (χ1) is 7.98. The Balaban J connectivity index is 2.46. The van der Waals surface area contributed by atoms with Crippen molar-refractivity contribution in [3.63, 3.8) is 0 Å². The summed E-state index contributed by atoms with van der Waals surface area (Å²) in [6.45, 7) is 3.07. The van der Waals surface area contributed by atoms with Gasteiger partial charge in [-0.3, -0.25) is 4.55 Å². The molecule has 1 aromatic carbocycles. The van der Waals surface area contributed by atoms with Gasteiger partial charge >= 0.3 is 0 Å². The molecular weight excluding hydrogens is 244 g/mol. The van der Waals surface area contributed by atoms with E-state index in [9.17, 15) is 8.42 Å².